The van der Waals surface area contributed by atoms with E-state index in [0.29, 0.717) is 30.3 Å². The molecule has 1 aromatic rings. The number of hydrogen-bond donors (Lipinski definition) is 5. The summed E-state index contributed by atoms with van der Waals surface area (Å²) in [4.78, 5) is 12.8. The number of anilines is 3. The van der Waals surface area contributed by atoms with Crippen LogP contribution in [0.2, 0.25) is 0 Å². The molecule has 1 aromatic heterocycles. The fourth-order valence-electron chi connectivity index (χ4n) is 1.70. The third-order valence-electron chi connectivity index (χ3n) is 3.08. The number of hydrogen-bond acceptors (Lipinski definition) is 8. The zero-order valence-corrected chi connectivity index (χ0v) is 13.6. The average Bonchev–Trinajstić information content (AvgIpc) is 2.50. The van der Waals surface area contributed by atoms with Crippen LogP contribution >= 0.6 is 0 Å². The maximum absolute atomic E-state index is 9.27. The molecule has 0 saturated carbocycles. The monoisotopic (exact) mass is 312 g/mol. The summed E-state index contributed by atoms with van der Waals surface area (Å²) in [5, 5.41) is 27.3. The smallest absolute Gasteiger partial charge is 0.229 e. The highest BCUT2D eigenvalue weighted by atomic mass is 16.3. The van der Waals surface area contributed by atoms with E-state index in [0.717, 1.165) is 19.4 Å². The van der Waals surface area contributed by atoms with E-state index in [2.05, 4.69) is 44.7 Å². The van der Waals surface area contributed by atoms with Gasteiger partial charge in [-0.2, -0.15) is 15.0 Å². The summed E-state index contributed by atoms with van der Waals surface area (Å²) >= 11 is 0. The molecular weight excluding hydrogens is 284 g/mol. The summed E-state index contributed by atoms with van der Waals surface area (Å²) in [7, 11) is 0. The topological polar surface area (TPSA) is 115 Å². The Morgan fingerprint density at radius 2 is 1.55 bits per heavy atom. The van der Waals surface area contributed by atoms with Crippen LogP contribution in [0, 0.1) is 5.92 Å². The minimum atomic E-state index is -0.100. The van der Waals surface area contributed by atoms with Gasteiger partial charge < -0.3 is 26.2 Å². The van der Waals surface area contributed by atoms with Gasteiger partial charge in [-0.15, -0.1) is 0 Å². The van der Waals surface area contributed by atoms with E-state index in [-0.39, 0.29) is 19.3 Å². The van der Waals surface area contributed by atoms with Crippen molar-refractivity contribution in [3.63, 3.8) is 0 Å². The minimum Gasteiger partial charge on any atom is -0.395 e. The predicted octanol–water partition coefficient (Wildman–Crippen LogP) is 0.917. The molecule has 0 amide bonds. The largest absolute Gasteiger partial charge is 0.395 e. The van der Waals surface area contributed by atoms with Crippen LogP contribution in [0.1, 0.15) is 33.6 Å². The molecule has 0 bridgehead atoms. The zero-order valence-electron chi connectivity index (χ0n) is 13.6. The van der Waals surface area contributed by atoms with Gasteiger partial charge in [-0.25, -0.2) is 0 Å². The molecule has 22 heavy (non-hydrogen) atoms. The van der Waals surface area contributed by atoms with E-state index < -0.39 is 0 Å². The second kappa shape index (κ2) is 10.1. The van der Waals surface area contributed by atoms with Crippen molar-refractivity contribution in [3.05, 3.63) is 0 Å². The summed E-state index contributed by atoms with van der Waals surface area (Å²) in [5.74, 6) is 1.87. The highest BCUT2D eigenvalue weighted by Crippen LogP contribution is 2.11. The van der Waals surface area contributed by atoms with Crippen LogP contribution in [0.5, 0.6) is 0 Å². The molecule has 5 N–H and O–H groups in total. The van der Waals surface area contributed by atoms with E-state index in [1.165, 1.54) is 0 Å². The van der Waals surface area contributed by atoms with E-state index in [1.54, 1.807) is 0 Å². The Morgan fingerprint density at radius 1 is 0.955 bits per heavy atom. The normalized spacial score (nSPS) is 12.3. The minimum absolute atomic E-state index is 0.00121. The van der Waals surface area contributed by atoms with Gasteiger partial charge in [-0.3, -0.25) is 0 Å². The summed E-state index contributed by atoms with van der Waals surface area (Å²) in [5.41, 5.74) is 0. The van der Waals surface area contributed by atoms with Crippen molar-refractivity contribution in [3.8, 4) is 0 Å². The molecule has 1 heterocycles. The highest BCUT2D eigenvalue weighted by Gasteiger charge is 2.10. The van der Waals surface area contributed by atoms with Crippen molar-refractivity contribution in [1.82, 2.24) is 15.0 Å². The van der Waals surface area contributed by atoms with Crippen LogP contribution in [0.25, 0.3) is 0 Å². The van der Waals surface area contributed by atoms with Crippen molar-refractivity contribution in [1.29, 1.82) is 0 Å². The fourth-order valence-corrected chi connectivity index (χ4v) is 1.70. The Kier molecular flexibility index (Phi) is 8.46. The first-order valence-corrected chi connectivity index (χ1v) is 7.81. The molecule has 0 fully saturated rings. The van der Waals surface area contributed by atoms with E-state index in [4.69, 9.17) is 5.11 Å². The molecule has 8 heteroatoms. The van der Waals surface area contributed by atoms with Crippen molar-refractivity contribution in [2.24, 2.45) is 5.92 Å². The highest BCUT2D eigenvalue weighted by molar-refractivity contribution is 5.42. The maximum atomic E-state index is 9.27. The average molecular weight is 312 g/mol. The van der Waals surface area contributed by atoms with Crippen molar-refractivity contribution >= 4 is 17.8 Å². The number of rotatable bonds is 11. The summed E-state index contributed by atoms with van der Waals surface area (Å²) in [6.07, 6.45) is 1.78. The molecule has 1 rings (SSSR count). The number of nitrogens with zero attached hydrogens (tertiary/aromatic N) is 3. The number of nitrogens with one attached hydrogen (secondary N) is 3. The lowest BCUT2D eigenvalue weighted by atomic mass is 10.1. The third kappa shape index (κ3) is 6.86. The second-order valence-corrected chi connectivity index (χ2v) is 5.50. The quantitative estimate of drug-likeness (QED) is 0.410. The Bertz CT molecular complexity index is 426. The van der Waals surface area contributed by atoms with E-state index in [1.807, 2.05) is 6.92 Å². The van der Waals surface area contributed by atoms with Crippen LogP contribution < -0.4 is 16.0 Å². The van der Waals surface area contributed by atoms with Crippen molar-refractivity contribution in [2.75, 3.05) is 42.3 Å². The van der Waals surface area contributed by atoms with Gasteiger partial charge >= 0.3 is 0 Å². The lowest BCUT2D eigenvalue weighted by Gasteiger charge is -2.16. The molecular formula is C14H28N6O2. The SMILES string of the molecule is CC[C@H](CO)Nc1nc(NCCO)nc(NCCC(C)C)n1. The van der Waals surface area contributed by atoms with Crippen LogP contribution in [0.15, 0.2) is 0 Å². The Balaban J connectivity index is 2.79. The Hall–Kier alpha value is -1.67. The summed E-state index contributed by atoms with van der Waals surface area (Å²) in [6, 6.07) is -0.100. The first-order valence-electron chi connectivity index (χ1n) is 7.81. The maximum Gasteiger partial charge on any atom is 0.229 e. The van der Waals surface area contributed by atoms with Gasteiger partial charge in [0, 0.05) is 13.1 Å². The number of aliphatic hydroxyl groups excluding tert-OH is 2. The number of aliphatic hydroxyl groups is 2. The second-order valence-electron chi connectivity index (χ2n) is 5.50. The molecule has 0 aromatic carbocycles. The van der Waals surface area contributed by atoms with Gasteiger partial charge in [0.15, 0.2) is 0 Å². The van der Waals surface area contributed by atoms with Crippen molar-refractivity contribution < 1.29 is 10.2 Å². The molecule has 8 nitrogen and oxygen atoms in total. The lowest BCUT2D eigenvalue weighted by Crippen LogP contribution is -2.25. The molecule has 126 valence electrons. The first kappa shape index (κ1) is 18.4. The Labute approximate surface area is 131 Å². The van der Waals surface area contributed by atoms with Gasteiger partial charge in [-0.05, 0) is 18.8 Å². The zero-order chi connectivity index (χ0) is 16.4. The van der Waals surface area contributed by atoms with Crippen molar-refractivity contribution in [2.45, 2.75) is 39.7 Å². The molecule has 0 aliphatic rings. The van der Waals surface area contributed by atoms with Crippen LogP contribution in [0.4, 0.5) is 17.8 Å². The van der Waals surface area contributed by atoms with Crippen LogP contribution in [-0.4, -0.2) is 57.5 Å². The molecule has 0 aliphatic carbocycles. The third-order valence-corrected chi connectivity index (χ3v) is 3.08. The summed E-state index contributed by atoms with van der Waals surface area (Å²) < 4.78 is 0. The predicted molar refractivity (Wildman–Crippen MR) is 88.1 cm³/mol. The number of aromatic nitrogens is 3. The van der Waals surface area contributed by atoms with Gasteiger partial charge in [0.1, 0.15) is 0 Å². The van der Waals surface area contributed by atoms with Gasteiger partial charge in [0.2, 0.25) is 17.8 Å². The molecule has 0 aliphatic heterocycles. The molecule has 0 radical (unpaired) electrons. The van der Waals surface area contributed by atoms with E-state index >= 15 is 0 Å². The summed E-state index contributed by atoms with van der Waals surface area (Å²) in [6.45, 7) is 7.44. The Morgan fingerprint density at radius 3 is 2.05 bits per heavy atom. The molecule has 0 saturated heterocycles. The lowest BCUT2D eigenvalue weighted by molar-refractivity contribution is 0.271. The van der Waals surface area contributed by atoms with Gasteiger partial charge in [-0.1, -0.05) is 20.8 Å². The van der Waals surface area contributed by atoms with Gasteiger partial charge in [0.05, 0.1) is 19.3 Å². The van der Waals surface area contributed by atoms with Crippen LogP contribution in [-0.2, 0) is 0 Å². The fraction of sp³-hybridized carbons (Fsp3) is 0.786. The van der Waals surface area contributed by atoms with Gasteiger partial charge in [0.25, 0.3) is 0 Å². The molecule has 0 spiro atoms. The van der Waals surface area contributed by atoms with E-state index in [9.17, 15) is 5.11 Å². The molecule has 0 unspecified atom stereocenters. The standard InChI is InChI=1S/C14H28N6O2/c1-4-11(9-22)17-14-19-12(15-6-5-10(2)3)18-13(20-14)16-7-8-21/h10-11,21-22H,4-9H2,1-3H3,(H3,15,16,17,18,19,20)/t11-/m1/s1. The molecule has 1 atom stereocenters. The van der Waals surface area contributed by atoms with Crippen LogP contribution in [0.3, 0.4) is 0 Å². The first-order chi connectivity index (χ1) is 10.6.